The molecule has 0 aromatic carbocycles. The van der Waals surface area contributed by atoms with Gasteiger partial charge in [0.15, 0.2) is 0 Å². The quantitative estimate of drug-likeness (QED) is 0.359. The summed E-state index contributed by atoms with van der Waals surface area (Å²) in [5, 5.41) is 0. The van der Waals surface area contributed by atoms with E-state index in [0.717, 1.165) is 0 Å². The molecule has 0 aliphatic carbocycles. The van der Waals surface area contributed by atoms with Crippen LogP contribution in [-0.4, -0.2) is 15.6 Å². The fourth-order valence-electron chi connectivity index (χ4n) is 0. The number of halogens is 2. The Morgan fingerprint density at radius 3 is 1.50 bits per heavy atom. The summed E-state index contributed by atoms with van der Waals surface area (Å²) >= 11 is 1.63. The van der Waals surface area contributed by atoms with Crippen LogP contribution >= 0.6 is 7.23 Å². The zero-order chi connectivity index (χ0) is 3.58. The van der Waals surface area contributed by atoms with E-state index in [9.17, 15) is 8.39 Å². The second-order valence-corrected chi connectivity index (χ2v) is 2.34. The first-order valence-electron chi connectivity index (χ1n) is 0.521. The van der Waals surface area contributed by atoms with E-state index in [1.807, 2.05) is 0 Å². The van der Waals surface area contributed by atoms with Crippen LogP contribution in [0.2, 0.25) is 0 Å². The number of hydrogen-bond donors (Lipinski definition) is 0. The second kappa shape index (κ2) is 2.07. The van der Waals surface area contributed by atoms with Crippen LogP contribution in [-0.2, 0) is 0 Å². The molecule has 0 heterocycles. The van der Waals surface area contributed by atoms with Crippen molar-refractivity contribution in [3.05, 3.63) is 0 Å². The van der Waals surface area contributed by atoms with Gasteiger partial charge in [-0.05, 0) is 0 Å². The molecule has 0 atom stereocenters. The fourth-order valence-corrected chi connectivity index (χ4v) is 0. The van der Waals surface area contributed by atoms with Gasteiger partial charge in [-0.15, -0.1) is 0 Å². The maximum atomic E-state index is 10.3. The van der Waals surface area contributed by atoms with Gasteiger partial charge in [0.1, 0.15) is 0 Å². The summed E-state index contributed by atoms with van der Waals surface area (Å²) in [6.45, 7) is 0. The van der Waals surface area contributed by atoms with Crippen LogP contribution in [0, 0.1) is 0 Å². The molecular weight excluding hydrogens is 148 g/mol. The average molecular weight is 148 g/mol. The third kappa shape index (κ3) is 14.0. The summed E-state index contributed by atoms with van der Waals surface area (Å²) in [5.74, 6) is 0. The zero-order valence-electron chi connectivity index (χ0n) is 1.61. The Morgan fingerprint density at radius 1 is 1.50 bits per heavy atom. The molecule has 1 radical (unpaired) electrons. The SMILES string of the molecule is FP(F)[Se]. The Morgan fingerprint density at radius 2 is 1.50 bits per heavy atom. The molecule has 4 heavy (non-hydrogen) atoms. The summed E-state index contributed by atoms with van der Waals surface area (Å²) in [6, 6.07) is 0. The molecule has 0 fully saturated rings. The molecule has 0 N–H and O–H groups in total. The van der Waals surface area contributed by atoms with Gasteiger partial charge in [0.25, 0.3) is 0 Å². The molecule has 4 heteroatoms. The van der Waals surface area contributed by atoms with Gasteiger partial charge in [0.05, 0.1) is 0 Å². The second-order valence-electron chi connectivity index (χ2n) is 0.202. The van der Waals surface area contributed by atoms with E-state index < -0.39 is 7.23 Å². The Balaban J connectivity index is 2.32. The zero-order valence-corrected chi connectivity index (χ0v) is 4.22. The summed E-state index contributed by atoms with van der Waals surface area (Å²) < 4.78 is 20.7. The van der Waals surface area contributed by atoms with Gasteiger partial charge >= 0.3 is 31.2 Å². The molecule has 0 spiro atoms. The minimum absolute atomic E-state index is 1.63. The first kappa shape index (κ1) is 4.81. The van der Waals surface area contributed by atoms with E-state index >= 15 is 0 Å². The van der Waals surface area contributed by atoms with Gasteiger partial charge in [-0.25, -0.2) is 0 Å². The van der Waals surface area contributed by atoms with Crippen molar-refractivity contribution in [1.29, 1.82) is 0 Å². The van der Waals surface area contributed by atoms with Gasteiger partial charge in [-0.1, -0.05) is 0 Å². The van der Waals surface area contributed by atoms with E-state index in [-0.39, 0.29) is 0 Å². The number of hydrogen-bond acceptors (Lipinski definition) is 0. The summed E-state index contributed by atoms with van der Waals surface area (Å²) in [5.41, 5.74) is 0. The number of rotatable bonds is 0. The predicted octanol–water partition coefficient (Wildman–Crippen LogP) is 1.32. The molecule has 0 saturated heterocycles. The van der Waals surface area contributed by atoms with Crippen molar-refractivity contribution in [2.75, 3.05) is 0 Å². The summed E-state index contributed by atoms with van der Waals surface area (Å²) in [4.78, 5) is 0. The molecule has 0 rings (SSSR count). The normalized spacial score (nSPS) is 9.00. The molecule has 0 saturated carbocycles. The third-order valence-electron chi connectivity index (χ3n) is 0. The average Bonchev–Trinajstić information content (AvgIpc) is 0.811. The molecule has 0 aromatic rings. The van der Waals surface area contributed by atoms with Gasteiger partial charge in [0.2, 0.25) is 0 Å². The summed E-state index contributed by atoms with van der Waals surface area (Å²) in [6.07, 6.45) is 0. The van der Waals surface area contributed by atoms with Crippen LogP contribution < -0.4 is 0 Å². The molecule has 0 unspecified atom stereocenters. The molecule has 0 aliphatic heterocycles. The Bertz CT molecular complexity index is 10.8. The van der Waals surface area contributed by atoms with Crippen LogP contribution in [0.1, 0.15) is 0 Å². The van der Waals surface area contributed by atoms with Crippen LogP contribution in [0.5, 0.6) is 0 Å². The monoisotopic (exact) mass is 149 g/mol. The molecule has 0 amide bonds. The van der Waals surface area contributed by atoms with E-state index in [4.69, 9.17) is 0 Å². The maximum absolute atomic E-state index is 10.3. The van der Waals surface area contributed by atoms with E-state index in [0.29, 0.717) is 0 Å². The van der Waals surface area contributed by atoms with Crippen molar-refractivity contribution in [3.63, 3.8) is 0 Å². The van der Waals surface area contributed by atoms with Crippen LogP contribution in [0.15, 0.2) is 0 Å². The van der Waals surface area contributed by atoms with Crippen molar-refractivity contribution in [3.8, 4) is 0 Å². The third-order valence-corrected chi connectivity index (χ3v) is 0. The molecule has 25 valence electrons. The van der Waals surface area contributed by atoms with Crippen LogP contribution in [0.3, 0.4) is 0 Å². The van der Waals surface area contributed by atoms with Gasteiger partial charge in [-0.2, -0.15) is 0 Å². The molecule has 0 aliphatic rings. The molecular formula is F2PSe. The fraction of sp³-hybridized carbons (Fsp3) is 0. The molecule has 0 nitrogen and oxygen atoms in total. The Hall–Kier alpha value is 0.809. The first-order valence-corrected chi connectivity index (χ1v) is 3.86. The predicted molar refractivity (Wildman–Crippen MR) is 14.9 cm³/mol. The van der Waals surface area contributed by atoms with Crippen LogP contribution in [0.4, 0.5) is 8.39 Å². The van der Waals surface area contributed by atoms with Crippen molar-refractivity contribution < 1.29 is 8.39 Å². The van der Waals surface area contributed by atoms with Crippen molar-refractivity contribution >= 4 is 22.8 Å². The Labute approximate surface area is 32.0 Å². The molecule has 0 aromatic heterocycles. The van der Waals surface area contributed by atoms with Crippen molar-refractivity contribution in [2.45, 2.75) is 0 Å². The van der Waals surface area contributed by atoms with Crippen LogP contribution in [0.25, 0.3) is 0 Å². The van der Waals surface area contributed by atoms with Gasteiger partial charge in [-0.3, -0.25) is 0 Å². The first-order chi connectivity index (χ1) is 1.73. The Kier molecular flexibility index (Phi) is 2.49. The van der Waals surface area contributed by atoms with E-state index in [1.54, 1.807) is 15.6 Å². The van der Waals surface area contributed by atoms with Gasteiger partial charge in [0, 0.05) is 0 Å². The van der Waals surface area contributed by atoms with Crippen molar-refractivity contribution in [1.82, 2.24) is 0 Å². The summed E-state index contributed by atoms with van der Waals surface area (Å²) in [7, 11) is -2.75. The van der Waals surface area contributed by atoms with E-state index in [1.165, 1.54) is 0 Å². The van der Waals surface area contributed by atoms with Gasteiger partial charge < -0.3 is 0 Å². The molecule has 0 bridgehead atoms. The standard InChI is InChI=1S/F2PSe/c1-3(2)4. The van der Waals surface area contributed by atoms with Crippen molar-refractivity contribution in [2.24, 2.45) is 0 Å². The minimum atomic E-state index is -2.75. The topological polar surface area (TPSA) is 0 Å². The van der Waals surface area contributed by atoms with E-state index in [2.05, 4.69) is 0 Å².